The molecule has 16 heavy (non-hydrogen) atoms. The van der Waals surface area contributed by atoms with Crippen molar-refractivity contribution in [1.82, 2.24) is 15.0 Å². The van der Waals surface area contributed by atoms with Crippen LogP contribution in [0, 0.1) is 0 Å². The molecule has 0 spiro atoms. The van der Waals surface area contributed by atoms with E-state index in [2.05, 4.69) is 20.3 Å². The number of hydrogen-bond acceptors (Lipinski definition) is 5. The van der Waals surface area contributed by atoms with E-state index in [1.807, 2.05) is 37.7 Å². The largest absolute Gasteiger partial charge is 0.373 e. The molecule has 0 atom stereocenters. The molecule has 2 rings (SSSR count). The molecule has 82 valence electrons. The summed E-state index contributed by atoms with van der Waals surface area (Å²) in [5.74, 6) is 0.805. The van der Waals surface area contributed by atoms with Gasteiger partial charge in [-0.15, -0.1) is 11.8 Å². The molecular weight excluding hydrogens is 220 g/mol. The summed E-state index contributed by atoms with van der Waals surface area (Å²) in [7, 11) is 1.83. The fourth-order valence-electron chi connectivity index (χ4n) is 1.30. The van der Waals surface area contributed by atoms with Gasteiger partial charge in [0.25, 0.3) is 0 Å². The molecule has 2 heterocycles. The SMILES string of the molecule is CNc1cc(-c2ccc(SC)nc2)ncn1. The molecule has 0 aromatic carbocycles. The number of pyridine rings is 1. The van der Waals surface area contributed by atoms with Crippen LogP contribution in [0.25, 0.3) is 11.3 Å². The number of anilines is 1. The van der Waals surface area contributed by atoms with E-state index >= 15 is 0 Å². The van der Waals surface area contributed by atoms with Crippen LogP contribution in [0.4, 0.5) is 5.82 Å². The van der Waals surface area contributed by atoms with E-state index in [0.29, 0.717) is 0 Å². The number of nitrogens with zero attached hydrogens (tertiary/aromatic N) is 3. The van der Waals surface area contributed by atoms with Gasteiger partial charge in [0, 0.05) is 24.9 Å². The van der Waals surface area contributed by atoms with E-state index in [9.17, 15) is 0 Å². The highest BCUT2D eigenvalue weighted by atomic mass is 32.2. The van der Waals surface area contributed by atoms with Crippen molar-refractivity contribution in [2.45, 2.75) is 5.03 Å². The van der Waals surface area contributed by atoms with Crippen molar-refractivity contribution in [2.75, 3.05) is 18.6 Å². The number of nitrogens with one attached hydrogen (secondary N) is 1. The third kappa shape index (κ3) is 2.30. The van der Waals surface area contributed by atoms with Gasteiger partial charge >= 0.3 is 0 Å². The van der Waals surface area contributed by atoms with Crippen LogP contribution >= 0.6 is 11.8 Å². The van der Waals surface area contributed by atoms with Crippen molar-refractivity contribution in [2.24, 2.45) is 0 Å². The minimum Gasteiger partial charge on any atom is -0.373 e. The third-order valence-electron chi connectivity index (χ3n) is 2.16. The second-order valence-electron chi connectivity index (χ2n) is 3.13. The summed E-state index contributed by atoms with van der Waals surface area (Å²) < 4.78 is 0. The highest BCUT2D eigenvalue weighted by molar-refractivity contribution is 7.98. The molecule has 0 saturated carbocycles. The standard InChI is InChI=1S/C11H12N4S/c1-12-10-5-9(14-7-15-10)8-3-4-11(16-2)13-6-8/h3-7H,1-2H3,(H,12,14,15). The van der Waals surface area contributed by atoms with Crippen LogP contribution in [-0.4, -0.2) is 28.3 Å². The van der Waals surface area contributed by atoms with Gasteiger partial charge in [0.05, 0.1) is 10.7 Å². The van der Waals surface area contributed by atoms with Gasteiger partial charge in [-0.3, -0.25) is 0 Å². The molecule has 0 aliphatic heterocycles. The summed E-state index contributed by atoms with van der Waals surface area (Å²) in [6.45, 7) is 0. The van der Waals surface area contributed by atoms with E-state index in [1.165, 1.54) is 0 Å². The van der Waals surface area contributed by atoms with Gasteiger partial charge in [0.15, 0.2) is 0 Å². The first-order chi connectivity index (χ1) is 7.83. The predicted molar refractivity (Wildman–Crippen MR) is 66.6 cm³/mol. The first-order valence-electron chi connectivity index (χ1n) is 4.83. The van der Waals surface area contributed by atoms with Gasteiger partial charge in [0.1, 0.15) is 12.1 Å². The van der Waals surface area contributed by atoms with Crippen molar-refractivity contribution in [1.29, 1.82) is 0 Å². The van der Waals surface area contributed by atoms with Crippen LogP contribution in [0.1, 0.15) is 0 Å². The Bertz CT molecular complexity index is 470. The van der Waals surface area contributed by atoms with E-state index in [4.69, 9.17) is 0 Å². The molecule has 0 fully saturated rings. The van der Waals surface area contributed by atoms with Crippen LogP contribution in [0.5, 0.6) is 0 Å². The number of aromatic nitrogens is 3. The van der Waals surface area contributed by atoms with Gasteiger partial charge in [-0.2, -0.15) is 0 Å². The van der Waals surface area contributed by atoms with Crippen LogP contribution in [-0.2, 0) is 0 Å². The van der Waals surface area contributed by atoms with Gasteiger partial charge in [-0.25, -0.2) is 15.0 Å². The Balaban J connectivity index is 2.34. The molecule has 4 nitrogen and oxygen atoms in total. The van der Waals surface area contributed by atoms with Crippen LogP contribution in [0.2, 0.25) is 0 Å². The zero-order valence-corrected chi connectivity index (χ0v) is 9.95. The molecule has 2 aromatic heterocycles. The Morgan fingerprint density at radius 3 is 2.69 bits per heavy atom. The van der Waals surface area contributed by atoms with Crippen molar-refractivity contribution in [3.63, 3.8) is 0 Å². The summed E-state index contributed by atoms with van der Waals surface area (Å²) in [6.07, 6.45) is 5.38. The summed E-state index contributed by atoms with van der Waals surface area (Å²) in [6, 6.07) is 5.90. The van der Waals surface area contributed by atoms with Crippen molar-refractivity contribution in [3.05, 3.63) is 30.7 Å². The zero-order valence-electron chi connectivity index (χ0n) is 9.14. The molecule has 2 aromatic rings. The van der Waals surface area contributed by atoms with Gasteiger partial charge < -0.3 is 5.32 Å². The number of thioether (sulfide) groups is 1. The Morgan fingerprint density at radius 1 is 1.19 bits per heavy atom. The van der Waals surface area contributed by atoms with Crippen LogP contribution in [0.3, 0.4) is 0 Å². The maximum atomic E-state index is 4.31. The molecule has 0 aliphatic rings. The van der Waals surface area contributed by atoms with Crippen molar-refractivity contribution in [3.8, 4) is 11.3 Å². The van der Waals surface area contributed by atoms with E-state index in [1.54, 1.807) is 18.1 Å². The Hall–Kier alpha value is -1.62. The molecular formula is C11H12N4S. The van der Waals surface area contributed by atoms with Crippen molar-refractivity contribution >= 4 is 17.6 Å². The topological polar surface area (TPSA) is 50.7 Å². The highest BCUT2D eigenvalue weighted by Crippen LogP contribution is 2.20. The van der Waals surface area contributed by atoms with E-state index < -0.39 is 0 Å². The summed E-state index contributed by atoms with van der Waals surface area (Å²) in [5, 5.41) is 3.99. The second-order valence-corrected chi connectivity index (χ2v) is 3.95. The smallest absolute Gasteiger partial charge is 0.129 e. The first-order valence-corrected chi connectivity index (χ1v) is 6.06. The third-order valence-corrected chi connectivity index (χ3v) is 2.82. The van der Waals surface area contributed by atoms with Crippen LogP contribution in [0.15, 0.2) is 35.7 Å². The lowest BCUT2D eigenvalue weighted by Gasteiger charge is -2.03. The maximum Gasteiger partial charge on any atom is 0.129 e. The molecule has 5 heteroatoms. The Kier molecular flexibility index (Phi) is 3.36. The number of rotatable bonds is 3. The summed E-state index contributed by atoms with van der Waals surface area (Å²) in [5.41, 5.74) is 1.87. The van der Waals surface area contributed by atoms with E-state index in [-0.39, 0.29) is 0 Å². The highest BCUT2D eigenvalue weighted by Gasteiger charge is 2.01. The Labute approximate surface area is 98.6 Å². The molecule has 0 saturated heterocycles. The first kappa shape index (κ1) is 10.9. The van der Waals surface area contributed by atoms with Gasteiger partial charge in [0.2, 0.25) is 0 Å². The lowest BCUT2D eigenvalue weighted by molar-refractivity contribution is 1.12. The maximum absolute atomic E-state index is 4.31. The molecule has 0 radical (unpaired) electrons. The number of hydrogen-bond donors (Lipinski definition) is 1. The normalized spacial score (nSPS) is 10.1. The lowest BCUT2D eigenvalue weighted by Crippen LogP contribution is -1.94. The van der Waals surface area contributed by atoms with Crippen molar-refractivity contribution < 1.29 is 0 Å². The summed E-state index contributed by atoms with van der Waals surface area (Å²) >= 11 is 1.62. The Morgan fingerprint density at radius 2 is 2.06 bits per heavy atom. The van der Waals surface area contributed by atoms with Crippen LogP contribution < -0.4 is 5.32 Å². The fourth-order valence-corrected chi connectivity index (χ4v) is 1.67. The molecule has 0 unspecified atom stereocenters. The van der Waals surface area contributed by atoms with Gasteiger partial charge in [-0.1, -0.05) is 0 Å². The predicted octanol–water partition coefficient (Wildman–Crippen LogP) is 2.30. The fraction of sp³-hybridized carbons (Fsp3) is 0.182. The monoisotopic (exact) mass is 232 g/mol. The minimum atomic E-state index is 0.805. The summed E-state index contributed by atoms with van der Waals surface area (Å²) in [4.78, 5) is 12.6. The minimum absolute atomic E-state index is 0.805. The molecule has 0 bridgehead atoms. The average Bonchev–Trinajstić information content (AvgIpc) is 2.39. The quantitative estimate of drug-likeness (QED) is 0.823. The lowest BCUT2D eigenvalue weighted by atomic mass is 10.2. The molecule has 1 N–H and O–H groups in total. The second kappa shape index (κ2) is 4.94. The molecule has 0 amide bonds. The van der Waals surface area contributed by atoms with Gasteiger partial charge in [-0.05, 0) is 18.4 Å². The van der Waals surface area contributed by atoms with E-state index in [0.717, 1.165) is 22.1 Å². The average molecular weight is 232 g/mol. The zero-order chi connectivity index (χ0) is 11.4. The molecule has 0 aliphatic carbocycles.